The highest BCUT2D eigenvalue weighted by molar-refractivity contribution is 5.96. The smallest absolute Gasteiger partial charge is 0.253 e. The van der Waals surface area contributed by atoms with Crippen LogP contribution in [-0.2, 0) is 4.79 Å². The van der Waals surface area contributed by atoms with E-state index in [1.165, 1.54) is 0 Å². The lowest BCUT2D eigenvalue weighted by atomic mass is 10.1. The van der Waals surface area contributed by atoms with E-state index in [0.717, 1.165) is 30.2 Å². The molecule has 0 radical (unpaired) electrons. The number of carbonyl (C=O) groups excluding carboxylic acids is 2. The molecule has 2 aromatic rings. The van der Waals surface area contributed by atoms with Gasteiger partial charge in [-0.1, -0.05) is 12.1 Å². The molecule has 2 amide bonds. The second kappa shape index (κ2) is 7.55. The van der Waals surface area contributed by atoms with E-state index in [0.29, 0.717) is 31.0 Å². The fraction of sp³-hybridized carbons (Fsp3) is 0.400. The lowest BCUT2D eigenvalue weighted by molar-refractivity contribution is -0.131. The minimum Gasteiger partial charge on any atom is -0.373 e. The minimum absolute atomic E-state index is 0.00487. The van der Waals surface area contributed by atoms with E-state index in [-0.39, 0.29) is 17.9 Å². The number of carbonyl (C=O) groups is 2. The van der Waals surface area contributed by atoms with Crippen molar-refractivity contribution in [1.82, 2.24) is 25.1 Å². The van der Waals surface area contributed by atoms with Crippen molar-refractivity contribution in [1.29, 1.82) is 0 Å². The van der Waals surface area contributed by atoms with Crippen molar-refractivity contribution >= 4 is 17.6 Å². The lowest BCUT2D eigenvalue weighted by Gasteiger charge is -2.43. The molecular formula is C20H24N6O2. The Kier molecular flexibility index (Phi) is 4.95. The number of fused-ring (bicyclic) bond motifs is 1. The standard InChI is InChI=1S/C20H24N6O2/c1-13-10-17(21-2)24-18(23-13)14-4-3-5-15(11-14)20(28)26-9-8-25-7-6-22-19(27)16(25)12-26/h3-5,10-11,16H,6-9,12H2,1-2H3,(H,22,27)(H,21,23,24)/t16-/m1/s1. The van der Waals surface area contributed by atoms with Crippen molar-refractivity contribution in [2.75, 3.05) is 45.1 Å². The fourth-order valence-electron chi connectivity index (χ4n) is 3.76. The van der Waals surface area contributed by atoms with E-state index in [4.69, 9.17) is 0 Å². The van der Waals surface area contributed by atoms with Gasteiger partial charge in [-0.2, -0.15) is 0 Å². The Morgan fingerprint density at radius 3 is 2.89 bits per heavy atom. The Morgan fingerprint density at radius 1 is 1.21 bits per heavy atom. The molecule has 8 nitrogen and oxygen atoms in total. The summed E-state index contributed by atoms with van der Waals surface area (Å²) in [6, 6.07) is 8.98. The van der Waals surface area contributed by atoms with Crippen LogP contribution in [0, 0.1) is 6.92 Å². The number of piperazine rings is 2. The molecule has 2 N–H and O–H groups in total. The number of nitrogens with zero attached hydrogens (tertiary/aromatic N) is 4. The molecule has 2 aliphatic rings. The number of aromatic nitrogens is 2. The maximum absolute atomic E-state index is 13.1. The molecule has 0 spiro atoms. The van der Waals surface area contributed by atoms with Gasteiger partial charge in [0.2, 0.25) is 5.91 Å². The SMILES string of the molecule is CNc1cc(C)nc(-c2cccc(C(=O)N3CCN4CCNC(=O)[C@H]4C3)c2)n1. The molecule has 4 rings (SSSR count). The summed E-state index contributed by atoms with van der Waals surface area (Å²) in [7, 11) is 1.81. The van der Waals surface area contributed by atoms with Crippen LogP contribution >= 0.6 is 0 Å². The number of benzene rings is 1. The zero-order valence-corrected chi connectivity index (χ0v) is 16.1. The van der Waals surface area contributed by atoms with Gasteiger partial charge < -0.3 is 15.5 Å². The first-order chi connectivity index (χ1) is 13.5. The predicted molar refractivity (Wildman–Crippen MR) is 106 cm³/mol. The maximum Gasteiger partial charge on any atom is 0.253 e. The third-order valence-corrected chi connectivity index (χ3v) is 5.26. The molecule has 2 fully saturated rings. The lowest BCUT2D eigenvalue weighted by Crippen LogP contribution is -2.64. The van der Waals surface area contributed by atoms with E-state index in [1.54, 1.807) is 11.0 Å². The Morgan fingerprint density at radius 2 is 2.07 bits per heavy atom. The summed E-state index contributed by atoms with van der Waals surface area (Å²) in [4.78, 5) is 38.1. The number of hydrogen-bond acceptors (Lipinski definition) is 6. The van der Waals surface area contributed by atoms with E-state index >= 15 is 0 Å². The topological polar surface area (TPSA) is 90.5 Å². The fourth-order valence-corrected chi connectivity index (χ4v) is 3.76. The summed E-state index contributed by atoms with van der Waals surface area (Å²) in [5, 5.41) is 5.91. The summed E-state index contributed by atoms with van der Waals surface area (Å²) in [6.45, 7) is 5.19. The molecule has 3 heterocycles. The molecule has 0 bridgehead atoms. The zero-order valence-electron chi connectivity index (χ0n) is 16.1. The van der Waals surface area contributed by atoms with Crippen LogP contribution in [0.15, 0.2) is 30.3 Å². The number of hydrogen-bond donors (Lipinski definition) is 2. The average molecular weight is 380 g/mol. The second-order valence-electron chi connectivity index (χ2n) is 7.14. The van der Waals surface area contributed by atoms with Gasteiger partial charge in [0.05, 0.1) is 0 Å². The van der Waals surface area contributed by atoms with Gasteiger partial charge >= 0.3 is 0 Å². The third kappa shape index (κ3) is 3.55. The Labute approximate surface area is 164 Å². The van der Waals surface area contributed by atoms with Crippen LogP contribution in [0.5, 0.6) is 0 Å². The number of nitrogens with one attached hydrogen (secondary N) is 2. The van der Waals surface area contributed by atoms with Crippen LogP contribution in [0.3, 0.4) is 0 Å². The summed E-state index contributed by atoms with van der Waals surface area (Å²) in [5.74, 6) is 1.25. The molecular weight excluding hydrogens is 356 g/mol. The van der Waals surface area contributed by atoms with E-state index in [2.05, 4.69) is 25.5 Å². The monoisotopic (exact) mass is 380 g/mol. The second-order valence-corrected chi connectivity index (χ2v) is 7.14. The Hall–Kier alpha value is -3.00. The molecule has 2 aliphatic heterocycles. The van der Waals surface area contributed by atoms with Gasteiger partial charge in [0.25, 0.3) is 5.91 Å². The van der Waals surface area contributed by atoms with Crippen LogP contribution in [0.1, 0.15) is 16.1 Å². The zero-order chi connectivity index (χ0) is 19.7. The van der Waals surface area contributed by atoms with Crippen LogP contribution < -0.4 is 10.6 Å². The molecule has 8 heteroatoms. The molecule has 1 aromatic carbocycles. The minimum atomic E-state index is -0.257. The molecule has 28 heavy (non-hydrogen) atoms. The van der Waals surface area contributed by atoms with E-state index < -0.39 is 0 Å². The first kappa shape index (κ1) is 18.4. The van der Waals surface area contributed by atoms with Crippen LogP contribution in [0.25, 0.3) is 11.4 Å². The van der Waals surface area contributed by atoms with Crippen molar-refractivity contribution in [2.24, 2.45) is 0 Å². The van der Waals surface area contributed by atoms with Gasteiger partial charge in [0.15, 0.2) is 5.82 Å². The van der Waals surface area contributed by atoms with Crippen molar-refractivity contribution in [3.63, 3.8) is 0 Å². The molecule has 146 valence electrons. The Balaban J connectivity index is 1.57. The van der Waals surface area contributed by atoms with Gasteiger partial charge in [-0.05, 0) is 19.1 Å². The first-order valence-electron chi connectivity index (χ1n) is 9.50. The highest BCUT2D eigenvalue weighted by atomic mass is 16.2. The molecule has 0 aliphatic carbocycles. The molecule has 0 unspecified atom stereocenters. The number of rotatable bonds is 3. The van der Waals surface area contributed by atoms with Crippen molar-refractivity contribution < 1.29 is 9.59 Å². The number of aryl methyl sites for hydroxylation is 1. The van der Waals surface area contributed by atoms with Crippen molar-refractivity contribution in [3.05, 3.63) is 41.6 Å². The third-order valence-electron chi connectivity index (χ3n) is 5.26. The number of amides is 2. The van der Waals surface area contributed by atoms with Crippen molar-refractivity contribution in [2.45, 2.75) is 13.0 Å². The van der Waals surface area contributed by atoms with Crippen LogP contribution in [0.2, 0.25) is 0 Å². The molecule has 1 aromatic heterocycles. The van der Waals surface area contributed by atoms with Gasteiger partial charge in [-0.3, -0.25) is 14.5 Å². The normalized spacial score (nSPS) is 19.7. The molecule has 0 saturated carbocycles. The van der Waals surface area contributed by atoms with Gasteiger partial charge in [0, 0.05) is 62.7 Å². The summed E-state index contributed by atoms with van der Waals surface area (Å²) in [5.41, 5.74) is 2.23. The maximum atomic E-state index is 13.1. The quantitative estimate of drug-likeness (QED) is 0.817. The average Bonchev–Trinajstić information content (AvgIpc) is 2.73. The molecule has 2 saturated heterocycles. The summed E-state index contributed by atoms with van der Waals surface area (Å²) < 4.78 is 0. The van der Waals surface area contributed by atoms with E-state index in [1.807, 2.05) is 38.2 Å². The summed E-state index contributed by atoms with van der Waals surface area (Å²) in [6.07, 6.45) is 0. The highest BCUT2D eigenvalue weighted by Crippen LogP contribution is 2.21. The highest BCUT2D eigenvalue weighted by Gasteiger charge is 2.36. The van der Waals surface area contributed by atoms with Crippen LogP contribution in [-0.4, -0.2) is 77.4 Å². The predicted octanol–water partition coefficient (Wildman–Crippen LogP) is 0.750. The van der Waals surface area contributed by atoms with Crippen LogP contribution in [0.4, 0.5) is 5.82 Å². The van der Waals surface area contributed by atoms with Crippen molar-refractivity contribution in [3.8, 4) is 11.4 Å². The van der Waals surface area contributed by atoms with E-state index in [9.17, 15) is 9.59 Å². The Bertz CT molecular complexity index is 915. The largest absolute Gasteiger partial charge is 0.373 e. The van der Waals surface area contributed by atoms with Gasteiger partial charge in [0.1, 0.15) is 11.9 Å². The first-order valence-corrected chi connectivity index (χ1v) is 9.50. The summed E-state index contributed by atoms with van der Waals surface area (Å²) >= 11 is 0. The van der Waals surface area contributed by atoms with Gasteiger partial charge in [-0.15, -0.1) is 0 Å². The number of anilines is 1. The molecule has 1 atom stereocenters. The van der Waals surface area contributed by atoms with Gasteiger partial charge in [-0.25, -0.2) is 9.97 Å².